The molecule has 0 saturated carbocycles. The van der Waals surface area contributed by atoms with Gasteiger partial charge in [0.1, 0.15) is 6.04 Å². The van der Waals surface area contributed by atoms with Crippen LogP contribution in [0.3, 0.4) is 0 Å². The van der Waals surface area contributed by atoms with Crippen LogP contribution in [0.2, 0.25) is 5.02 Å². The van der Waals surface area contributed by atoms with Gasteiger partial charge in [-0.15, -0.1) is 0 Å². The van der Waals surface area contributed by atoms with Crippen molar-refractivity contribution in [3.8, 4) is 0 Å². The molecule has 0 aliphatic heterocycles. The number of aryl methyl sites for hydroxylation is 1. The lowest BCUT2D eigenvalue weighted by molar-refractivity contribution is -0.141. The molecule has 0 aromatic heterocycles. The Morgan fingerprint density at radius 3 is 2.24 bits per heavy atom. The summed E-state index contributed by atoms with van der Waals surface area (Å²) >= 11 is 6.10. The van der Waals surface area contributed by atoms with Crippen molar-refractivity contribution in [3.63, 3.8) is 0 Å². The lowest BCUT2D eigenvalue weighted by Gasteiger charge is -2.32. The highest BCUT2D eigenvalue weighted by atomic mass is 35.5. The number of hydrogen-bond donors (Lipinski definition) is 1. The molecule has 41 heavy (non-hydrogen) atoms. The van der Waals surface area contributed by atoms with E-state index in [1.165, 1.54) is 10.6 Å². The molecule has 3 rings (SSSR count). The van der Waals surface area contributed by atoms with Gasteiger partial charge >= 0.3 is 0 Å². The Morgan fingerprint density at radius 1 is 0.927 bits per heavy atom. The monoisotopic (exact) mass is 597 g/mol. The molecule has 0 fully saturated rings. The van der Waals surface area contributed by atoms with Crippen molar-refractivity contribution in [2.24, 2.45) is 0 Å². The Labute approximate surface area is 249 Å². The minimum atomic E-state index is -3.58. The Bertz CT molecular complexity index is 1410. The third-order valence-electron chi connectivity index (χ3n) is 7.08. The summed E-state index contributed by atoms with van der Waals surface area (Å²) in [4.78, 5) is 28.9. The zero-order valence-electron chi connectivity index (χ0n) is 24.3. The second-order valence-electron chi connectivity index (χ2n) is 10.3. The van der Waals surface area contributed by atoms with Crippen LogP contribution in [0.1, 0.15) is 48.4 Å². The van der Waals surface area contributed by atoms with Crippen LogP contribution >= 0.6 is 11.6 Å². The van der Waals surface area contributed by atoms with E-state index in [0.717, 1.165) is 28.7 Å². The summed E-state index contributed by atoms with van der Waals surface area (Å²) in [6.45, 7) is 6.69. The van der Waals surface area contributed by atoms with Gasteiger partial charge in [-0.25, -0.2) is 8.42 Å². The van der Waals surface area contributed by atoms with Gasteiger partial charge < -0.3 is 10.2 Å². The lowest BCUT2D eigenvalue weighted by Crippen LogP contribution is -2.50. The predicted octanol–water partition coefficient (Wildman–Crippen LogP) is 5.67. The molecule has 3 aromatic carbocycles. The molecule has 0 heterocycles. The fraction of sp³-hybridized carbons (Fsp3) is 0.375. The van der Waals surface area contributed by atoms with Crippen LogP contribution in [0.5, 0.6) is 0 Å². The van der Waals surface area contributed by atoms with Crippen LogP contribution < -0.4 is 9.62 Å². The van der Waals surface area contributed by atoms with Crippen LogP contribution in [0.4, 0.5) is 5.69 Å². The first-order chi connectivity index (χ1) is 19.5. The molecule has 9 heteroatoms. The van der Waals surface area contributed by atoms with E-state index in [1.807, 2.05) is 75.4 Å². The highest BCUT2D eigenvalue weighted by Gasteiger charge is 2.30. The zero-order valence-corrected chi connectivity index (χ0v) is 25.8. The summed E-state index contributed by atoms with van der Waals surface area (Å²) < 4.78 is 26.8. The van der Waals surface area contributed by atoms with Gasteiger partial charge in [-0.3, -0.25) is 13.9 Å². The van der Waals surface area contributed by atoms with Crippen LogP contribution in [0, 0.1) is 13.8 Å². The van der Waals surface area contributed by atoms with Crippen LogP contribution in [0.15, 0.2) is 72.8 Å². The molecule has 0 spiro atoms. The Hall–Kier alpha value is -3.36. The van der Waals surface area contributed by atoms with Crippen molar-refractivity contribution in [2.45, 2.75) is 59.0 Å². The summed E-state index contributed by atoms with van der Waals surface area (Å²) in [7, 11) is -3.58. The Morgan fingerprint density at radius 2 is 1.61 bits per heavy atom. The van der Waals surface area contributed by atoms with Crippen molar-refractivity contribution in [3.05, 3.63) is 100 Å². The molecule has 220 valence electrons. The van der Waals surface area contributed by atoms with Gasteiger partial charge in [-0.1, -0.05) is 73.1 Å². The molecular formula is C32H40ClN3O4S. The molecule has 0 radical (unpaired) electrons. The number of anilines is 1. The van der Waals surface area contributed by atoms with E-state index in [2.05, 4.69) is 5.32 Å². The van der Waals surface area contributed by atoms with E-state index < -0.39 is 16.1 Å². The number of sulfonamides is 1. The molecule has 2 amide bonds. The molecule has 0 aliphatic carbocycles. The van der Waals surface area contributed by atoms with Crippen molar-refractivity contribution in [1.29, 1.82) is 0 Å². The third kappa shape index (κ3) is 9.33. The fourth-order valence-corrected chi connectivity index (χ4v) is 5.84. The van der Waals surface area contributed by atoms with E-state index in [1.54, 1.807) is 23.1 Å². The molecule has 0 saturated heterocycles. The molecule has 0 bridgehead atoms. The summed E-state index contributed by atoms with van der Waals surface area (Å²) in [5.74, 6) is -0.437. The van der Waals surface area contributed by atoms with Gasteiger partial charge in [0, 0.05) is 37.5 Å². The highest BCUT2D eigenvalue weighted by Crippen LogP contribution is 2.26. The Kier molecular flexibility index (Phi) is 11.8. The van der Waals surface area contributed by atoms with Crippen LogP contribution in [-0.4, -0.2) is 50.5 Å². The number of benzene rings is 3. The molecule has 1 N–H and O–H groups in total. The van der Waals surface area contributed by atoms with Gasteiger partial charge in [-0.2, -0.15) is 0 Å². The topological polar surface area (TPSA) is 86.8 Å². The molecule has 1 atom stereocenters. The quantitative estimate of drug-likeness (QED) is 0.259. The second kappa shape index (κ2) is 15.0. The van der Waals surface area contributed by atoms with Gasteiger partial charge in [0.2, 0.25) is 21.8 Å². The maximum Gasteiger partial charge on any atom is 0.243 e. The minimum Gasteiger partial charge on any atom is -0.354 e. The van der Waals surface area contributed by atoms with Gasteiger partial charge in [0.05, 0.1) is 11.9 Å². The van der Waals surface area contributed by atoms with Crippen LogP contribution in [-0.2, 0) is 32.6 Å². The smallest absolute Gasteiger partial charge is 0.243 e. The van der Waals surface area contributed by atoms with E-state index >= 15 is 0 Å². The first-order valence-electron chi connectivity index (χ1n) is 13.9. The number of amides is 2. The molecule has 1 unspecified atom stereocenters. The van der Waals surface area contributed by atoms with Crippen LogP contribution in [0.25, 0.3) is 0 Å². The fourth-order valence-electron chi connectivity index (χ4n) is 4.69. The third-order valence-corrected chi connectivity index (χ3v) is 8.52. The molecule has 7 nitrogen and oxygen atoms in total. The molecular weight excluding hydrogens is 558 g/mol. The summed E-state index contributed by atoms with van der Waals surface area (Å²) in [5, 5.41) is 3.55. The van der Waals surface area contributed by atoms with E-state index in [-0.39, 0.29) is 31.3 Å². The largest absolute Gasteiger partial charge is 0.354 e. The number of carbonyl (C=O) groups is 2. The number of rotatable bonds is 14. The SMILES string of the molecule is CCCNC(=O)C(Cc1ccccc1)N(Cc1ccc(Cl)cc1)C(=O)CCCN(c1cccc(C)c1C)S(C)(=O)=O. The number of hydrogen-bond acceptors (Lipinski definition) is 4. The zero-order chi connectivity index (χ0) is 30.0. The summed E-state index contributed by atoms with van der Waals surface area (Å²) in [6, 6.07) is 21.6. The van der Waals surface area contributed by atoms with Crippen molar-refractivity contribution in [1.82, 2.24) is 10.2 Å². The predicted molar refractivity (Wildman–Crippen MR) is 167 cm³/mol. The lowest BCUT2D eigenvalue weighted by atomic mass is 10.0. The normalized spacial score (nSPS) is 12.0. The maximum absolute atomic E-state index is 13.9. The van der Waals surface area contributed by atoms with Crippen molar-refractivity contribution >= 4 is 39.1 Å². The van der Waals surface area contributed by atoms with Gasteiger partial charge in [0.15, 0.2) is 0 Å². The van der Waals surface area contributed by atoms with E-state index in [0.29, 0.717) is 30.1 Å². The molecule has 0 aliphatic rings. The summed E-state index contributed by atoms with van der Waals surface area (Å²) in [6.07, 6.45) is 2.68. The van der Waals surface area contributed by atoms with Crippen molar-refractivity contribution in [2.75, 3.05) is 23.7 Å². The average Bonchev–Trinajstić information content (AvgIpc) is 2.94. The standard InChI is InChI=1S/C32H40ClN3O4S/c1-5-20-34-32(38)30(22-26-12-7-6-8-13-26)35(23-27-16-18-28(33)19-17-27)31(37)15-10-21-36(41(4,39)40)29-14-9-11-24(2)25(29)3/h6-9,11-14,16-19,30H,5,10,15,20-23H2,1-4H3,(H,34,38). The van der Waals surface area contributed by atoms with Gasteiger partial charge in [0.25, 0.3) is 0 Å². The molecule has 3 aromatic rings. The van der Waals surface area contributed by atoms with E-state index in [4.69, 9.17) is 11.6 Å². The number of nitrogens with one attached hydrogen (secondary N) is 1. The minimum absolute atomic E-state index is 0.0802. The number of nitrogens with zero attached hydrogens (tertiary/aromatic N) is 2. The Balaban J connectivity index is 1.88. The maximum atomic E-state index is 13.9. The highest BCUT2D eigenvalue weighted by molar-refractivity contribution is 7.92. The first-order valence-corrected chi connectivity index (χ1v) is 16.1. The van der Waals surface area contributed by atoms with E-state index in [9.17, 15) is 18.0 Å². The average molecular weight is 598 g/mol. The van der Waals surface area contributed by atoms with Crippen molar-refractivity contribution < 1.29 is 18.0 Å². The summed E-state index contributed by atoms with van der Waals surface area (Å²) in [5.41, 5.74) is 4.26. The number of halogens is 1. The first kappa shape index (κ1) is 32.2. The number of carbonyl (C=O) groups excluding carboxylic acids is 2. The van der Waals surface area contributed by atoms with Gasteiger partial charge in [-0.05, 0) is 67.1 Å². The second-order valence-corrected chi connectivity index (χ2v) is 12.6.